The molecule has 166 valence electrons. The quantitative estimate of drug-likeness (QED) is 0.183. The highest BCUT2D eigenvalue weighted by molar-refractivity contribution is 6.73. The predicted octanol–water partition coefficient (Wildman–Crippen LogP) is 7.62. The fourth-order valence-corrected chi connectivity index (χ4v) is 7.43. The second-order valence-electron chi connectivity index (χ2n) is 8.86. The summed E-state index contributed by atoms with van der Waals surface area (Å²) in [6.07, 6.45) is 6.78. The summed E-state index contributed by atoms with van der Waals surface area (Å²) in [5, 5.41) is 0. The molecule has 1 heterocycles. The molecule has 0 radical (unpaired) electrons. The average molecular weight is 427 g/mol. The molecule has 0 aliphatic carbocycles. The van der Waals surface area contributed by atoms with Crippen molar-refractivity contribution >= 4 is 8.32 Å². The molecule has 1 fully saturated rings. The Bertz CT molecular complexity index is 693. The summed E-state index contributed by atoms with van der Waals surface area (Å²) in [7, 11) is -1.64. The van der Waals surface area contributed by atoms with E-state index in [4.69, 9.17) is 9.16 Å². The van der Waals surface area contributed by atoms with Crippen LogP contribution in [0.4, 0.5) is 0 Å². The van der Waals surface area contributed by atoms with E-state index in [9.17, 15) is 0 Å². The van der Waals surface area contributed by atoms with Gasteiger partial charge in [-0.25, -0.2) is 0 Å². The van der Waals surface area contributed by atoms with Crippen LogP contribution in [-0.4, -0.2) is 26.6 Å². The second-order valence-corrected chi connectivity index (χ2v) is 13.6. The summed E-state index contributed by atoms with van der Waals surface area (Å²) < 4.78 is 13.3. The van der Waals surface area contributed by atoms with Crippen molar-refractivity contribution in [3.8, 4) is 0 Å². The first-order valence-corrected chi connectivity index (χ1v) is 14.4. The number of rotatable bonds is 13. The lowest BCUT2D eigenvalue weighted by atomic mass is 9.99. The molecular formula is C27H42O2Si. The first kappa shape index (κ1) is 24.9. The van der Waals surface area contributed by atoms with Gasteiger partial charge in [-0.1, -0.05) is 64.3 Å². The van der Waals surface area contributed by atoms with Gasteiger partial charge < -0.3 is 9.16 Å². The summed E-state index contributed by atoms with van der Waals surface area (Å²) in [6, 6.07) is 14.2. The molecule has 2 rings (SSSR count). The molecule has 0 amide bonds. The number of hydrogen-bond acceptors (Lipinski definition) is 2. The van der Waals surface area contributed by atoms with Gasteiger partial charge in [-0.3, -0.25) is 0 Å². The summed E-state index contributed by atoms with van der Waals surface area (Å²) >= 11 is 0. The molecule has 3 atom stereocenters. The minimum Gasteiger partial charge on any atom is -0.414 e. The third-order valence-electron chi connectivity index (χ3n) is 6.84. The molecule has 1 aromatic rings. The fourth-order valence-electron chi connectivity index (χ4n) is 4.52. The van der Waals surface area contributed by atoms with Crippen LogP contribution >= 0.6 is 0 Å². The van der Waals surface area contributed by atoms with Gasteiger partial charge in [0.25, 0.3) is 0 Å². The Morgan fingerprint density at radius 1 is 1.17 bits per heavy atom. The van der Waals surface area contributed by atoms with E-state index < -0.39 is 8.32 Å². The number of ether oxygens (including phenoxy) is 1. The van der Waals surface area contributed by atoms with Crippen LogP contribution in [0.2, 0.25) is 18.1 Å². The predicted molar refractivity (Wildman–Crippen MR) is 131 cm³/mol. The average Bonchev–Trinajstić information content (AvgIpc) is 3.14. The fraction of sp³-hybridized carbons (Fsp3) is 0.593. The first-order valence-electron chi connectivity index (χ1n) is 11.9. The third-order valence-corrected chi connectivity index (χ3v) is 11.5. The van der Waals surface area contributed by atoms with E-state index in [1.54, 1.807) is 0 Å². The standard InChI is InChI=1S/C27H42O2Si/c1-7-22(5)20-26(29-30(8-2,9-3)10-4)18-19-27-23(6)21-25(28-27)17-16-24-14-12-11-13-15-24/h11-15,25-27H,1,6,8-10,16-21H2,2-5H3/t25-,26-,27-/m0/s1. The van der Waals surface area contributed by atoms with Crippen molar-refractivity contribution in [2.45, 2.75) is 103 Å². The smallest absolute Gasteiger partial charge is 0.192 e. The van der Waals surface area contributed by atoms with Crippen LogP contribution in [-0.2, 0) is 15.6 Å². The van der Waals surface area contributed by atoms with Gasteiger partial charge in [0.1, 0.15) is 0 Å². The van der Waals surface area contributed by atoms with Crippen LogP contribution in [0.25, 0.3) is 0 Å². The zero-order valence-electron chi connectivity index (χ0n) is 19.7. The zero-order valence-corrected chi connectivity index (χ0v) is 20.7. The molecule has 0 spiro atoms. The molecule has 0 unspecified atom stereocenters. The van der Waals surface area contributed by atoms with Crippen molar-refractivity contribution in [2.75, 3.05) is 0 Å². The Hall–Kier alpha value is -1.38. The first-order chi connectivity index (χ1) is 14.4. The van der Waals surface area contributed by atoms with E-state index in [1.165, 1.54) is 34.8 Å². The molecule has 1 aliphatic heterocycles. The van der Waals surface area contributed by atoms with Gasteiger partial charge in [0, 0.05) is 12.5 Å². The summed E-state index contributed by atoms with van der Waals surface area (Å²) in [4.78, 5) is 0. The molecule has 0 saturated carbocycles. The maximum atomic E-state index is 6.85. The SMILES string of the molecule is C=C=C(C)C[C@H](CC[C@@H]1O[C@@H](CCc2ccccc2)CC1=C)O[Si](CC)(CC)CC. The van der Waals surface area contributed by atoms with Crippen LogP contribution in [0.1, 0.15) is 65.4 Å². The van der Waals surface area contributed by atoms with Crippen molar-refractivity contribution in [3.05, 3.63) is 65.9 Å². The Morgan fingerprint density at radius 2 is 1.83 bits per heavy atom. The van der Waals surface area contributed by atoms with Crippen LogP contribution in [0.3, 0.4) is 0 Å². The number of benzene rings is 1. The normalized spacial score (nSPS) is 20.2. The van der Waals surface area contributed by atoms with Gasteiger partial charge in [-0.05, 0) is 73.9 Å². The molecule has 0 N–H and O–H groups in total. The van der Waals surface area contributed by atoms with Crippen molar-refractivity contribution < 1.29 is 9.16 Å². The maximum Gasteiger partial charge on any atom is 0.192 e. The van der Waals surface area contributed by atoms with Crippen molar-refractivity contribution in [2.24, 2.45) is 0 Å². The highest BCUT2D eigenvalue weighted by Gasteiger charge is 2.33. The third kappa shape index (κ3) is 7.39. The lowest BCUT2D eigenvalue weighted by Crippen LogP contribution is -2.40. The molecule has 2 nitrogen and oxygen atoms in total. The highest BCUT2D eigenvalue weighted by atomic mass is 28.4. The zero-order chi connectivity index (χ0) is 22.0. The topological polar surface area (TPSA) is 18.5 Å². The van der Waals surface area contributed by atoms with Crippen molar-refractivity contribution in [3.63, 3.8) is 0 Å². The molecule has 1 aliphatic rings. The van der Waals surface area contributed by atoms with Gasteiger partial charge in [0.05, 0.1) is 12.2 Å². The Labute approximate surface area is 186 Å². The van der Waals surface area contributed by atoms with Gasteiger partial charge in [-0.15, -0.1) is 5.73 Å². The molecule has 0 aromatic heterocycles. The van der Waals surface area contributed by atoms with Crippen LogP contribution < -0.4 is 0 Å². The number of aryl methyl sites for hydroxylation is 1. The van der Waals surface area contributed by atoms with E-state index in [1.807, 2.05) is 0 Å². The van der Waals surface area contributed by atoms with E-state index in [-0.39, 0.29) is 12.2 Å². The highest BCUT2D eigenvalue weighted by Crippen LogP contribution is 2.33. The van der Waals surface area contributed by atoms with Gasteiger partial charge in [0.15, 0.2) is 8.32 Å². The maximum absolute atomic E-state index is 6.85. The van der Waals surface area contributed by atoms with E-state index in [0.717, 1.165) is 38.5 Å². The summed E-state index contributed by atoms with van der Waals surface area (Å²) in [5.41, 5.74) is 6.90. The molecule has 0 bridgehead atoms. The van der Waals surface area contributed by atoms with E-state index >= 15 is 0 Å². The Kier molecular flexibility index (Phi) is 10.3. The molecule has 3 heteroatoms. The molecular weight excluding hydrogens is 384 g/mol. The van der Waals surface area contributed by atoms with E-state index in [0.29, 0.717) is 6.10 Å². The van der Waals surface area contributed by atoms with Crippen molar-refractivity contribution in [1.82, 2.24) is 0 Å². The molecule has 1 saturated heterocycles. The second kappa shape index (κ2) is 12.5. The summed E-state index contributed by atoms with van der Waals surface area (Å²) in [5.74, 6) is 0. The Morgan fingerprint density at radius 3 is 2.43 bits per heavy atom. The lowest BCUT2D eigenvalue weighted by molar-refractivity contribution is 0.0353. The van der Waals surface area contributed by atoms with E-state index in [2.05, 4.69) is 76.9 Å². The van der Waals surface area contributed by atoms with Crippen LogP contribution in [0, 0.1) is 0 Å². The van der Waals surface area contributed by atoms with Gasteiger partial charge in [0.2, 0.25) is 0 Å². The molecule has 1 aromatic carbocycles. The van der Waals surface area contributed by atoms with Crippen LogP contribution in [0.5, 0.6) is 0 Å². The minimum absolute atomic E-state index is 0.172. The monoisotopic (exact) mass is 426 g/mol. The van der Waals surface area contributed by atoms with Gasteiger partial charge in [-0.2, -0.15) is 0 Å². The number of hydrogen-bond donors (Lipinski definition) is 0. The minimum atomic E-state index is -1.64. The van der Waals surface area contributed by atoms with Gasteiger partial charge >= 0.3 is 0 Å². The molecule has 30 heavy (non-hydrogen) atoms. The van der Waals surface area contributed by atoms with Crippen LogP contribution in [0.15, 0.2) is 60.4 Å². The Balaban J connectivity index is 1.91. The summed E-state index contributed by atoms with van der Waals surface area (Å²) in [6.45, 7) is 17.2. The lowest BCUT2D eigenvalue weighted by Gasteiger charge is -2.34. The largest absolute Gasteiger partial charge is 0.414 e. The van der Waals surface area contributed by atoms with Crippen molar-refractivity contribution in [1.29, 1.82) is 0 Å².